The van der Waals surface area contributed by atoms with Crippen LogP contribution in [0.5, 0.6) is 5.75 Å². The van der Waals surface area contributed by atoms with E-state index in [1.807, 2.05) is 6.07 Å². The highest BCUT2D eigenvalue weighted by Crippen LogP contribution is 2.28. The minimum atomic E-state index is -1.19. The van der Waals surface area contributed by atoms with Crippen LogP contribution in [0.2, 0.25) is 0 Å². The van der Waals surface area contributed by atoms with Crippen LogP contribution in [0, 0.1) is 11.3 Å². The number of thiazole rings is 1. The molecule has 5 nitrogen and oxygen atoms in total. The summed E-state index contributed by atoms with van der Waals surface area (Å²) >= 11 is 1.06. The fourth-order valence-electron chi connectivity index (χ4n) is 1.40. The van der Waals surface area contributed by atoms with Crippen molar-refractivity contribution in [2.45, 2.75) is 0 Å². The third kappa shape index (κ3) is 2.17. The van der Waals surface area contributed by atoms with Crippen LogP contribution in [0.4, 0.5) is 0 Å². The van der Waals surface area contributed by atoms with Crippen LogP contribution < -0.4 is 4.74 Å². The zero-order valence-electron chi connectivity index (χ0n) is 9.38. The number of nitrogens with zero attached hydrogens (tertiary/aromatic N) is 2. The van der Waals surface area contributed by atoms with Gasteiger partial charge in [0.05, 0.1) is 7.11 Å². The number of hydrogen-bond donors (Lipinski definition) is 1. The Hall–Kier alpha value is -2.39. The van der Waals surface area contributed by atoms with Crippen LogP contribution in [0.3, 0.4) is 0 Å². The zero-order valence-corrected chi connectivity index (χ0v) is 10.2. The lowest BCUT2D eigenvalue weighted by molar-refractivity contribution is 0.0691. The van der Waals surface area contributed by atoms with E-state index in [0.717, 1.165) is 16.9 Å². The molecule has 0 aliphatic carbocycles. The van der Waals surface area contributed by atoms with Crippen LogP contribution in [0.1, 0.15) is 15.4 Å². The summed E-state index contributed by atoms with van der Waals surface area (Å²) in [5.41, 5.74) is 0.554. The van der Waals surface area contributed by atoms with Gasteiger partial charge in [0.25, 0.3) is 0 Å². The summed E-state index contributed by atoms with van der Waals surface area (Å²) in [6.07, 6.45) is 0. The summed E-state index contributed by atoms with van der Waals surface area (Å²) in [6.45, 7) is 0. The molecular weight excluding hydrogens is 252 g/mol. The van der Waals surface area contributed by atoms with Gasteiger partial charge in [0, 0.05) is 5.56 Å². The monoisotopic (exact) mass is 260 g/mol. The molecule has 0 aliphatic rings. The Balaban J connectivity index is 2.45. The van der Waals surface area contributed by atoms with E-state index in [2.05, 4.69) is 4.98 Å². The van der Waals surface area contributed by atoms with Gasteiger partial charge < -0.3 is 9.84 Å². The van der Waals surface area contributed by atoms with Crippen LogP contribution in [0.15, 0.2) is 24.3 Å². The largest absolute Gasteiger partial charge is 0.497 e. The van der Waals surface area contributed by atoms with Crippen molar-refractivity contribution in [1.29, 1.82) is 5.26 Å². The molecule has 0 amide bonds. The lowest BCUT2D eigenvalue weighted by Crippen LogP contribution is -1.98. The summed E-state index contributed by atoms with van der Waals surface area (Å²) in [7, 11) is 1.56. The van der Waals surface area contributed by atoms with Gasteiger partial charge in [0.1, 0.15) is 21.7 Å². The maximum Gasteiger partial charge on any atom is 0.356 e. The summed E-state index contributed by atoms with van der Waals surface area (Å²) < 4.78 is 5.03. The molecule has 1 aromatic heterocycles. The zero-order chi connectivity index (χ0) is 13.1. The first kappa shape index (κ1) is 12.1. The average Bonchev–Trinajstić information content (AvgIpc) is 2.83. The predicted molar refractivity (Wildman–Crippen MR) is 65.8 cm³/mol. The molecule has 2 aromatic rings. The smallest absolute Gasteiger partial charge is 0.356 e. The Bertz CT molecular complexity index is 626. The highest BCUT2D eigenvalue weighted by Gasteiger charge is 2.17. The first-order valence-electron chi connectivity index (χ1n) is 4.94. The number of ether oxygens (including phenoxy) is 1. The van der Waals surface area contributed by atoms with E-state index in [4.69, 9.17) is 15.1 Å². The Labute approximate surface area is 107 Å². The van der Waals surface area contributed by atoms with Crippen LogP contribution in [-0.4, -0.2) is 23.2 Å². The summed E-state index contributed by atoms with van der Waals surface area (Å²) in [5, 5.41) is 18.3. The van der Waals surface area contributed by atoms with Gasteiger partial charge in [-0.05, 0) is 24.3 Å². The van der Waals surface area contributed by atoms with Crippen molar-refractivity contribution in [3.05, 3.63) is 34.8 Å². The van der Waals surface area contributed by atoms with Crippen molar-refractivity contribution in [3.8, 4) is 22.4 Å². The molecule has 0 fully saturated rings. The molecule has 0 saturated heterocycles. The second-order valence-electron chi connectivity index (χ2n) is 3.34. The van der Waals surface area contributed by atoms with Gasteiger partial charge in [0.15, 0.2) is 5.69 Å². The third-order valence-electron chi connectivity index (χ3n) is 2.27. The lowest BCUT2D eigenvalue weighted by atomic mass is 10.2. The molecule has 6 heteroatoms. The van der Waals surface area contributed by atoms with Crippen LogP contribution in [-0.2, 0) is 0 Å². The summed E-state index contributed by atoms with van der Waals surface area (Å²) in [6, 6.07) is 8.88. The maximum absolute atomic E-state index is 10.9. The van der Waals surface area contributed by atoms with Gasteiger partial charge in [-0.3, -0.25) is 0 Å². The molecule has 18 heavy (non-hydrogen) atoms. The lowest BCUT2D eigenvalue weighted by Gasteiger charge is -1.99. The number of hydrogen-bond acceptors (Lipinski definition) is 5. The molecular formula is C12H8N2O3S. The van der Waals surface area contributed by atoms with Gasteiger partial charge in [0.2, 0.25) is 0 Å². The molecule has 0 radical (unpaired) electrons. The summed E-state index contributed by atoms with van der Waals surface area (Å²) in [5.74, 6) is -0.489. The van der Waals surface area contributed by atoms with Gasteiger partial charge >= 0.3 is 5.97 Å². The number of carboxylic acids is 1. The first-order valence-corrected chi connectivity index (χ1v) is 5.76. The molecule has 0 aliphatic heterocycles. The van der Waals surface area contributed by atoms with E-state index in [0.29, 0.717) is 10.8 Å². The molecule has 0 bridgehead atoms. The molecule has 1 aromatic carbocycles. The van der Waals surface area contributed by atoms with Crippen molar-refractivity contribution in [1.82, 2.24) is 4.98 Å². The number of rotatable bonds is 3. The predicted octanol–water partition coefficient (Wildman–Crippen LogP) is 2.39. The van der Waals surface area contributed by atoms with Gasteiger partial charge in [-0.15, -0.1) is 11.3 Å². The Morgan fingerprint density at radius 3 is 2.56 bits per heavy atom. The molecule has 1 heterocycles. The summed E-state index contributed by atoms with van der Waals surface area (Å²) in [4.78, 5) is 15.0. The average molecular weight is 260 g/mol. The normalized spacial score (nSPS) is 9.78. The molecule has 2 rings (SSSR count). The fourth-order valence-corrected chi connectivity index (χ4v) is 2.26. The number of carboxylic acid groups (broad SMARTS) is 1. The second-order valence-corrected chi connectivity index (χ2v) is 4.34. The van der Waals surface area contributed by atoms with Crippen molar-refractivity contribution >= 4 is 17.3 Å². The molecule has 1 N–H and O–H groups in total. The number of nitriles is 1. The first-order chi connectivity index (χ1) is 8.65. The standard InChI is InChI=1S/C12H8N2O3S/c1-17-8-4-2-7(3-5-8)11-14-10(12(15)16)9(6-13)18-11/h2-5H,1H3,(H,15,16). The SMILES string of the molecule is COc1ccc(-c2nc(C(=O)O)c(C#N)s2)cc1. The fraction of sp³-hybridized carbons (Fsp3) is 0.0833. The molecule has 0 saturated carbocycles. The second kappa shape index (κ2) is 4.85. The highest BCUT2D eigenvalue weighted by atomic mass is 32.1. The van der Waals surface area contributed by atoms with Crippen molar-refractivity contribution in [2.75, 3.05) is 7.11 Å². The van der Waals surface area contributed by atoms with Gasteiger partial charge in [-0.1, -0.05) is 0 Å². The molecule has 0 spiro atoms. The van der Waals surface area contributed by atoms with Crippen molar-refractivity contribution in [2.24, 2.45) is 0 Å². The number of carbonyl (C=O) groups is 1. The molecule has 0 unspecified atom stereocenters. The number of benzene rings is 1. The molecule has 0 atom stereocenters. The third-order valence-corrected chi connectivity index (χ3v) is 3.28. The Kier molecular flexibility index (Phi) is 3.26. The highest BCUT2D eigenvalue weighted by molar-refractivity contribution is 7.15. The maximum atomic E-state index is 10.9. The Morgan fingerprint density at radius 1 is 1.44 bits per heavy atom. The minimum Gasteiger partial charge on any atom is -0.497 e. The van der Waals surface area contributed by atoms with Crippen LogP contribution >= 0.6 is 11.3 Å². The van der Waals surface area contributed by atoms with E-state index < -0.39 is 5.97 Å². The molecule has 90 valence electrons. The minimum absolute atomic E-state index is 0.105. The van der Waals surface area contributed by atoms with E-state index >= 15 is 0 Å². The van der Waals surface area contributed by atoms with Crippen molar-refractivity contribution in [3.63, 3.8) is 0 Å². The van der Waals surface area contributed by atoms with E-state index in [1.165, 1.54) is 0 Å². The van der Waals surface area contributed by atoms with E-state index in [1.54, 1.807) is 31.4 Å². The van der Waals surface area contributed by atoms with Gasteiger partial charge in [-0.25, -0.2) is 9.78 Å². The van der Waals surface area contributed by atoms with E-state index in [9.17, 15) is 4.79 Å². The van der Waals surface area contributed by atoms with Crippen LogP contribution in [0.25, 0.3) is 10.6 Å². The quantitative estimate of drug-likeness (QED) is 0.916. The number of methoxy groups -OCH3 is 1. The topological polar surface area (TPSA) is 83.2 Å². The van der Waals surface area contributed by atoms with E-state index in [-0.39, 0.29) is 10.6 Å². The Morgan fingerprint density at radius 2 is 2.11 bits per heavy atom. The number of aromatic carboxylic acids is 1. The van der Waals surface area contributed by atoms with Gasteiger partial charge in [-0.2, -0.15) is 5.26 Å². The van der Waals surface area contributed by atoms with Crippen molar-refractivity contribution < 1.29 is 14.6 Å². The number of aromatic nitrogens is 1.